The molecule has 0 saturated heterocycles. The van der Waals surface area contributed by atoms with Gasteiger partial charge >= 0.3 is 5.97 Å². The van der Waals surface area contributed by atoms with Crippen molar-refractivity contribution < 1.29 is 19.8 Å². The summed E-state index contributed by atoms with van der Waals surface area (Å²) in [5.74, 6) is -2.08. The largest absolute Gasteiger partial charge is 0.507 e. The molecule has 0 aliphatic heterocycles. The smallest absolute Gasteiger partial charge is 0.337 e. The van der Waals surface area contributed by atoms with Crippen LogP contribution in [0.4, 0.5) is 5.69 Å². The van der Waals surface area contributed by atoms with Gasteiger partial charge in [-0.2, -0.15) is 0 Å². The van der Waals surface area contributed by atoms with Crippen molar-refractivity contribution in [2.75, 3.05) is 5.32 Å². The predicted octanol–water partition coefficient (Wildman–Crippen LogP) is 4.66. The molecule has 5 nitrogen and oxygen atoms in total. The molecule has 3 rings (SSSR count). The third-order valence-corrected chi connectivity index (χ3v) is 4.04. The maximum atomic E-state index is 12.5. The molecule has 0 aliphatic rings. The topological polar surface area (TPSA) is 86.6 Å². The fourth-order valence-electron chi connectivity index (χ4n) is 2.53. The molecule has 0 heterocycles. The number of carboxylic acids is 1. The number of hydrogen-bond acceptors (Lipinski definition) is 3. The Morgan fingerprint density at radius 1 is 0.846 bits per heavy atom. The molecule has 0 fully saturated rings. The van der Waals surface area contributed by atoms with E-state index in [4.69, 9.17) is 11.6 Å². The molecule has 0 spiro atoms. The van der Waals surface area contributed by atoms with E-state index in [1.165, 1.54) is 24.3 Å². The number of anilines is 1. The number of carboxylic acid groups (broad SMARTS) is 1. The van der Waals surface area contributed by atoms with Gasteiger partial charge in [0.05, 0.1) is 16.8 Å². The van der Waals surface area contributed by atoms with Crippen LogP contribution in [0.25, 0.3) is 11.1 Å². The molecular weight excluding hydrogens is 354 g/mol. The zero-order valence-corrected chi connectivity index (χ0v) is 14.2. The van der Waals surface area contributed by atoms with E-state index in [1.807, 2.05) is 30.3 Å². The SMILES string of the molecule is O=C(Nc1cc(-c2ccccc2)ccc1C(=O)O)c1ccc(Cl)cc1O. The van der Waals surface area contributed by atoms with Gasteiger partial charge < -0.3 is 15.5 Å². The normalized spacial score (nSPS) is 10.3. The molecule has 0 saturated carbocycles. The van der Waals surface area contributed by atoms with Crippen molar-refractivity contribution in [1.29, 1.82) is 0 Å². The fourth-order valence-corrected chi connectivity index (χ4v) is 2.70. The minimum absolute atomic E-state index is 0.00384. The van der Waals surface area contributed by atoms with E-state index in [2.05, 4.69) is 5.32 Å². The van der Waals surface area contributed by atoms with Crippen LogP contribution >= 0.6 is 11.6 Å². The average molecular weight is 368 g/mol. The van der Waals surface area contributed by atoms with Crippen LogP contribution in [0.1, 0.15) is 20.7 Å². The van der Waals surface area contributed by atoms with Gasteiger partial charge in [0, 0.05) is 5.02 Å². The van der Waals surface area contributed by atoms with E-state index in [9.17, 15) is 19.8 Å². The first-order valence-electron chi connectivity index (χ1n) is 7.68. The lowest BCUT2D eigenvalue weighted by molar-refractivity contribution is 0.0698. The molecule has 3 aromatic carbocycles. The molecule has 130 valence electrons. The Bertz CT molecular complexity index is 986. The fraction of sp³-hybridized carbons (Fsp3) is 0. The maximum Gasteiger partial charge on any atom is 0.337 e. The Labute approximate surface area is 154 Å². The second-order valence-corrected chi connectivity index (χ2v) is 5.98. The molecule has 3 N–H and O–H groups in total. The monoisotopic (exact) mass is 367 g/mol. The number of halogens is 1. The van der Waals surface area contributed by atoms with E-state index in [0.29, 0.717) is 0 Å². The van der Waals surface area contributed by atoms with Crippen molar-refractivity contribution in [3.63, 3.8) is 0 Å². The lowest BCUT2D eigenvalue weighted by Crippen LogP contribution is -2.15. The number of carbonyl (C=O) groups excluding carboxylic acids is 1. The van der Waals surface area contributed by atoms with Gasteiger partial charge in [-0.3, -0.25) is 4.79 Å². The van der Waals surface area contributed by atoms with E-state index >= 15 is 0 Å². The van der Waals surface area contributed by atoms with E-state index in [0.717, 1.165) is 11.1 Å². The summed E-state index contributed by atoms with van der Waals surface area (Å²) in [6.45, 7) is 0. The first-order chi connectivity index (χ1) is 12.5. The molecule has 0 aromatic heterocycles. The number of phenols is 1. The van der Waals surface area contributed by atoms with Gasteiger partial charge in [0.25, 0.3) is 5.91 Å². The van der Waals surface area contributed by atoms with E-state index < -0.39 is 11.9 Å². The number of aromatic hydroxyl groups is 1. The number of nitrogens with one attached hydrogen (secondary N) is 1. The Hall–Kier alpha value is -3.31. The molecular formula is C20H14ClNO4. The Morgan fingerprint density at radius 2 is 1.54 bits per heavy atom. The van der Waals surface area contributed by atoms with Crippen LogP contribution in [0.3, 0.4) is 0 Å². The van der Waals surface area contributed by atoms with Gasteiger partial charge in [-0.1, -0.05) is 48.0 Å². The Morgan fingerprint density at radius 3 is 2.19 bits per heavy atom. The van der Waals surface area contributed by atoms with Gasteiger partial charge in [0.2, 0.25) is 0 Å². The zero-order chi connectivity index (χ0) is 18.7. The number of aromatic carboxylic acids is 1. The maximum absolute atomic E-state index is 12.5. The zero-order valence-electron chi connectivity index (χ0n) is 13.4. The van der Waals surface area contributed by atoms with Crippen LogP contribution in [0.2, 0.25) is 5.02 Å². The van der Waals surface area contributed by atoms with Crippen molar-refractivity contribution >= 4 is 29.2 Å². The lowest BCUT2D eigenvalue weighted by atomic mass is 10.0. The summed E-state index contributed by atoms with van der Waals surface area (Å²) in [5.41, 5.74) is 1.72. The Balaban J connectivity index is 1.99. The summed E-state index contributed by atoms with van der Waals surface area (Å²) in [6, 6.07) is 18.1. The summed E-state index contributed by atoms with van der Waals surface area (Å²) in [7, 11) is 0. The second kappa shape index (κ2) is 7.29. The molecule has 0 radical (unpaired) electrons. The number of benzene rings is 3. The molecule has 0 bridgehead atoms. The van der Waals surface area contributed by atoms with Gasteiger partial charge in [-0.15, -0.1) is 0 Å². The molecule has 1 amide bonds. The highest BCUT2D eigenvalue weighted by atomic mass is 35.5. The van der Waals surface area contributed by atoms with E-state index in [-0.39, 0.29) is 27.6 Å². The first kappa shape index (κ1) is 17.5. The quantitative estimate of drug-likeness (QED) is 0.625. The minimum atomic E-state index is -1.17. The van der Waals surface area contributed by atoms with Gasteiger partial charge in [0.15, 0.2) is 0 Å². The summed E-state index contributed by atoms with van der Waals surface area (Å²) >= 11 is 5.77. The minimum Gasteiger partial charge on any atom is -0.507 e. The Kier molecular flexibility index (Phi) is 4.91. The van der Waals surface area contributed by atoms with Gasteiger partial charge in [0.1, 0.15) is 5.75 Å². The van der Waals surface area contributed by atoms with Crippen molar-refractivity contribution in [1.82, 2.24) is 0 Å². The number of carbonyl (C=O) groups is 2. The van der Waals surface area contributed by atoms with Crippen molar-refractivity contribution in [3.8, 4) is 16.9 Å². The molecule has 0 unspecified atom stereocenters. The van der Waals surface area contributed by atoms with Crippen LogP contribution in [0, 0.1) is 0 Å². The summed E-state index contributed by atoms with van der Waals surface area (Å²) in [6.07, 6.45) is 0. The van der Waals surface area contributed by atoms with Crippen LogP contribution < -0.4 is 5.32 Å². The molecule has 0 atom stereocenters. The molecule has 26 heavy (non-hydrogen) atoms. The van der Waals surface area contributed by atoms with E-state index in [1.54, 1.807) is 12.1 Å². The molecule has 3 aromatic rings. The summed E-state index contributed by atoms with van der Waals surface area (Å²) < 4.78 is 0. The highest BCUT2D eigenvalue weighted by Crippen LogP contribution is 2.28. The van der Waals surface area contributed by atoms with Crippen molar-refractivity contribution in [2.24, 2.45) is 0 Å². The van der Waals surface area contributed by atoms with Gasteiger partial charge in [-0.25, -0.2) is 4.79 Å². The predicted molar refractivity (Wildman–Crippen MR) is 99.9 cm³/mol. The number of rotatable bonds is 4. The second-order valence-electron chi connectivity index (χ2n) is 5.55. The number of amides is 1. The summed E-state index contributed by atoms with van der Waals surface area (Å²) in [5, 5.41) is 22.1. The first-order valence-corrected chi connectivity index (χ1v) is 8.06. The van der Waals surface area contributed by atoms with Crippen LogP contribution in [0.5, 0.6) is 5.75 Å². The van der Waals surface area contributed by atoms with Crippen LogP contribution in [-0.4, -0.2) is 22.1 Å². The van der Waals surface area contributed by atoms with Crippen molar-refractivity contribution in [3.05, 3.63) is 82.9 Å². The number of hydrogen-bond donors (Lipinski definition) is 3. The highest BCUT2D eigenvalue weighted by Gasteiger charge is 2.17. The van der Waals surface area contributed by atoms with Crippen LogP contribution in [0.15, 0.2) is 66.7 Å². The summed E-state index contributed by atoms with van der Waals surface area (Å²) in [4.78, 5) is 23.9. The van der Waals surface area contributed by atoms with Gasteiger partial charge in [-0.05, 0) is 41.5 Å². The highest BCUT2D eigenvalue weighted by molar-refractivity contribution is 6.31. The number of phenolic OH excluding ortho intramolecular Hbond substituents is 1. The third-order valence-electron chi connectivity index (χ3n) is 3.81. The standard InChI is InChI=1S/C20H14ClNO4/c21-14-7-9-16(18(23)11-14)19(24)22-17-10-13(6-8-15(17)20(25)26)12-4-2-1-3-5-12/h1-11,23H,(H,22,24)(H,25,26). The van der Waals surface area contributed by atoms with Crippen LogP contribution in [-0.2, 0) is 0 Å². The molecule has 6 heteroatoms. The van der Waals surface area contributed by atoms with Crippen molar-refractivity contribution in [2.45, 2.75) is 0 Å². The third kappa shape index (κ3) is 3.68. The average Bonchev–Trinajstić information content (AvgIpc) is 2.62. The lowest BCUT2D eigenvalue weighted by Gasteiger charge is -2.12. The molecule has 0 aliphatic carbocycles.